The van der Waals surface area contributed by atoms with Crippen molar-refractivity contribution < 1.29 is 14.3 Å². The number of benzene rings is 1. The molecule has 0 radical (unpaired) electrons. The molecule has 0 N–H and O–H groups in total. The van der Waals surface area contributed by atoms with E-state index in [9.17, 15) is 9.59 Å². The highest BCUT2D eigenvalue weighted by Crippen LogP contribution is 2.66. The smallest absolute Gasteiger partial charge is 0.338 e. The van der Waals surface area contributed by atoms with E-state index < -0.39 is 0 Å². The molecule has 1 aromatic carbocycles. The lowest BCUT2D eigenvalue weighted by Gasteiger charge is -2.60. The second-order valence-electron chi connectivity index (χ2n) is 11.3. The number of ketones is 1. The zero-order chi connectivity index (χ0) is 22.7. The van der Waals surface area contributed by atoms with Crippen molar-refractivity contribution in [3.05, 3.63) is 45.0 Å². The fraction of sp³-hybridized carbons (Fsp3) is 0.643. The van der Waals surface area contributed by atoms with Crippen LogP contribution in [-0.2, 0) is 9.53 Å². The van der Waals surface area contributed by atoms with Crippen LogP contribution in [0.5, 0.6) is 0 Å². The molecule has 0 bridgehead atoms. The molecular formula is C28H35IO3. The van der Waals surface area contributed by atoms with Gasteiger partial charge in [-0.25, -0.2) is 4.79 Å². The molecule has 0 amide bonds. The van der Waals surface area contributed by atoms with E-state index in [1.54, 1.807) is 6.92 Å². The Morgan fingerprint density at radius 1 is 1.06 bits per heavy atom. The van der Waals surface area contributed by atoms with Gasteiger partial charge in [-0.15, -0.1) is 0 Å². The van der Waals surface area contributed by atoms with Crippen LogP contribution in [0.25, 0.3) is 0 Å². The predicted octanol–water partition coefficient (Wildman–Crippen LogP) is 6.98. The van der Waals surface area contributed by atoms with Crippen molar-refractivity contribution in [3.8, 4) is 0 Å². The van der Waals surface area contributed by atoms with Crippen molar-refractivity contribution in [2.24, 2.45) is 34.5 Å². The Labute approximate surface area is 205 Å². The minimum absolute atomic E-state index is 0.0429. The van der Waals surface area contributed by atoms with Crippen LogP contribution in [0.4, 0.5) is 0 Å². The number of hydrogen-bond acceptors (Lipinski definition) is 3. The van der Waals surface area contributed by atoms with Gasteiger partial charge in [-0.05, 0) is 139 Å². The summed E-state index contributed by atoms with van der Waals surface area (Å²) in [7, 11) is 0. The van der Waals surface area contributed by atoms with Crippen molar-refractivity contribution in [1.29, 1.82) is 0 Å². The summed E-state index contributed by atoms with van der Waals surface area (Å²) in [5.41, 5.74) is 2.21. The first-order valence-corrected chi connectivity index (χ1v) is 13.5. The Morgan fingerprint density at radius 2 is 1.88 bits per heavy atom. The van der Waals surface area contributed by atoms with Crippen molar-refractivity contribution in [3.63, 3.8) is 0 Å². The van der Waals surface area contributed by atoms with E-state index in [2.05, 4.69) is 42.5 Å². The van der Waals surface area contributed by atoms with Crippen LogP contribution in [0.1, 0.15) is 82.5 Å². The molecule has 7 atom stereocenters. The number of carbonyl (C=O) groups is 2. The van der Waals surface area contributed by atoms with Crippen LogP contribution in [0, 0.1) is 38.1 Å². The Hall–Kier alpha value is -1.17. The second kappa shape index (κ2) is 8.25. The molecule has 3 nitrogen and oxygen atoms in total. The summed E-state index contributed by atoms with van der Waals surface area (Å²) in [5.74, 6) is 2.85. The minimum Gasteiger partial charge on any atom is -0.459 e. The van der Waals surface area contributed by atoms with E-state index in [0.29, 0.717) is 22.8 Å². The molecule has 3 saturated carbocycles. The lowest BCUT2D eigenvalue weighted by molar-refractivity contribution is -0.125. The highest BCUT2D eigenvalue weighted by Gasteiger charge is 2.59. The molecular weight excluding hydrogens is 511 g/mol. The predicted molar refractivity (Wildman–Crippen MR) is 134 cm³/mol. The van der Waals surface area contributed by atoms with Gasteiger partial charge in [0, 0.05) is 3.57 Å². The summed E-state index contributed by atoms with van der Waals surface area (Å²) in [6.07, 6.45) is 11.4. The van der Waals surface area contributed by atoms with Gasteiger partial charge in [-0.3, -0.25) is 4.79 Å². The third-order valence-corrected chi connectivity index (χ3v) is 10.6. The molecule has 172 valence electrons. The Balaban J connectivity index is 1.28. The lowest BCUT2D eigenvalue weighted by Crippen LogP contribution is -2.54. The monoisotopic (exact) mass is 546 g/mol. The first-order valence-electron chi connectivity index (χ1n) is 12.4. The van der Waals surface area contributed by atoms with Gasteiger partial charge in [0.2, 0.25) is 0 Å². The molecule has 0 aromatic heterocycles. The van der Waals surface area contributed by atoms with Crippen molar-refractivity contribution in [2.45, 2.75) is 78.2 Å². The molecule has 32 heavy (non-hydrogen) atoms. The van der Waals surface area contributed by atoms with Crippen molar-refractivity contribution in [1.82, 2.24) is 0 Å². The minimum atomic E-state index is -0.173. The topological polar surface area (TPSA) is 43.4 Å². The molecule has 0 saturated heterocycles. The van der Waals surface area contributed by atoms with Crippen LogP contribution >= 0.6 is 22.6 Å². The standard InChI is InChI=1S/C28H35IO3/c1-17(30)23-9-10-24-22-8-7-19-16-21(32-26(31)18-5-4-6-20(29)15-18)11-13-27(19,2)25(22)12-14-28(23,24)3/h4-6,9,15,19,21-22,24-25H,7-8,10-14,16H2,1-3H3/t19-,21?,22?,24?,25?,27?,28?/m1/s1. The lowest BCUT2D eigenvalue weighted by atomic mass is 9.44. The van der Waals surface area contributed by atoms with Crippen LogP contribution in [0.3, 0.4) is 0 Å². The molecule has 4 aliphatic rings. The van der Waals surface area contributed by atoms with Gasteiger partial charge in [0.15, 0.2) is 5.78 Å². The molecule has 1 aromatic rings. The number of carbonyl (C=O) groups excluding carboxylic acids is 2. The molecule has 3 fully saturated rings. The van der Waals surface area contributed by atoms with Gasteiger partial charge >= 0.3 is 5.97 Å². The molecule has 0 aliphatic heterocycles. The third-order valence-electron chi connectivity index (χ3n) is 9.91. The van der Waals surface area contributed by atoms with Crippen LogP contribution < -0.4 is 0 Å². The maximum Gasteiger partial charge on any atom is 0.338 e. The largest absolute Gasteiger partial charge is 0.459 e. The average Bonchev–Trinajstić information content (AvgIpc) is 3.11. The highest BCUT2D eigenvalue weighted by atomic mass is 127. The average molecular weight is 546 g/mol. The molecule has 4 heteroatoms. The van der Waals surface area contributed by atoms with Crippen molar-refractivity contribution in [2.75, 3.05) is 0 Å². The Kier molecular flexibility index (Phi) is 5.83. The fourth-order valence-corrected chi connectivity index (χ4v) is 8.82. The number of esters is 1. The first-order chi connectivity index (χ1) is 15.2. The Bertz CT molecular complexity index is 967. The van der Waals surface area contributed by atoms with E-state index >= 15 is 0 Å². The molecule has 0 spiro atoms. The molecule has 5 rings (SSSR count). The third kappa shape index (κ3) is 3.59. The zero-order valence-electron chi connectivity index (χ0n) is 19.5. The SMILES string of the molecule is CC(=O)C1=CCC2C3CC[C@@H]4CC(OC(=O)c5cccc(I)c5)CCC4(C)C3CCC12C. The normalized spacial score (nSPS) is 40.5. The summed E-state index contributed by atoms with van der Waals surface area (Å²) in [6.45, 7) is 6.65. The summed E-state index contributed by atoms with van der Waals surface area (Å²) in [4.78, 5) is 25.0. The van der Waals surface area contributed by atoms with Crippen LogP contribution in [0.2, 0.25) is 0 Å². The number of fused-ring (bicyclic) bond motifs is 5. The number of Topliss-reactive ketones (excluding diaryl/α,β-unsaturated/α-hetero) is 1. The van der Waals surface area contributed by atoms with Gasteiger partial charge in [0.1, 0.15) is 6.10 Å². The fourth-order valence-electron chi connectivity index (χ4n) is 8.27. The van der Waals surface area contributed by atoms with Gasteiger partial charge in [0.25, 0.3) is 0 Å². The quantitative estimate of drug-likeness (QED) is 0.303. The van der Waals surface area contributed by atoms with Crippen molar-refractivity contribution >= 4 is 34.3 Å². The summed E-state index contributed by atoms with van der Waals surface area (Å²) >= 11 is 2.24. The summed E-state index contributed by atoms with van der Waals surface area (Å²) in [6, 6.07) is 7.68. The van der Waals surface area contributed by atoms with Crippen LogP contribution in [0.15, 0.2) is 35.9 Å². The van der Waals surface area contributed by atoms with Gasteiger partial charge in [-0.2, -0.15) is 0 Å². The first kappa shape index (κ1) is 22.6. The number of halogens is 1. The maximum absolute atomic E-state index is 12.7. The van der Waals surface area contributed by atoms with Gasteiger partial charge < -0.3 is 4.74 Å². The second-order valence-corrected chi connectivity index (χ2v) is 12.6. The summed E-state index contributed by atoms with van der Waals surface area (Å²) < 4.78 is 7.06. The molecule has 4 aliphatic carbocycles. The molecule has 0 heterocycles. The van der Waals surface area contributed by atoms with E-state index in [1.165, 1.54) is 19.3 Å². The number of rotatable bonds is 3. The summed E-state index contributed by atoms with van der Waals surface area (Å²) in [5, 5.41) is 0. The van der Waals surface area contributed by atoms with Gasteiger partial charge in [0.05, 0.1) is 5.56 Å². The highest BCUT2D eigenvalue weighted by molar-refractivity contribution is 14.1. The van der Waals surface area contributed by atoms with E-state index in [4.69, 9.17) is 4.74 Å². The Morgan fingerprint density at radius 3 is 2.62 bits per heavy atom. The zero-order valence-corrected chi connectivity index (χ0v) is 21.7. The maximum atomic E-state index is 12.7. The van der Waals surface area contributed by atoms with E-state index in [1.807, 2.05) is 24.3 Å². The number of ether oxygens (including phenoxy) is 1. The van der Waals surface area contributed by atoms with Gasteiger partial charge in [-0.1, -0.05) is 26.0 Å². The van der Waals surface area contributed by atoms with E-state index in [-0.39, 0.29) is 23.3 Å². The molecule has 6 unspecified atom stereocenters. The number of allylic oxidation sites excluding steroid dienone is 2. The van der Waals surface area contributed by atoms with E-state index in [0.717, 1.165) is 53.1 Å². The number of hydrogen-bond donors (Lipinski definition) is 0. The van der Waals surface area contributed by atoms with Crippen LogP contribution in [-0.4, -0.2) is 17.9 Å².